The van der Waals surface area contributed by atoms with Crippen molar-refractivity contribution in [3.05, 3.63) is 34.3 Å². The van der Waals surface area contributed by atoms with Crippen molar-refractivity contribution < 1.29 is 9.21 Å². The van der Waals surface area contributed by atoms with Crippen LogP contribution in [0.25, 0.3) is 11.1 Å². The third-order valence-corrected chi connectivity index (χ3v) is 2.69. The number of carbonyl (C=O) groups is 1. The molecular weight excluding hydrogens is 194 g/mol. The summed E-state index contributed by atoms with van der Waals surface area (Å²) in [6.45, 7) is 0. The van der Waals surface area contributed by atoms with Crippen molar-refractivity contribution in [2.75, 3.05) is 0 Å². The first kappa shape index (κ1) is 8.47. The molecule has 0 N–H and O–H groups in total. The normalized spacial score (nSPS) is 15.7. The Balaban J connectivity index is 2.32. The predicted molar refractivity (Wildman–Crippen MR) is 54.1 cm³/mol. The molecule has 0 bridgehead atoms. The highest BCUT2D eigenvalue weighted by Crippen LogP contribution is 2.36. The topological polar surface area (TPSA) is 52.2 Å². The third-order valence-electron chi connectivity index (χ3n) is 2.69. The van der Waals surface area contributed by atoms with E-state index in [0.29, 0.717) is 17.2 Å². The van der Waals surface area contributed by atoms with E-state index in [4.69, 9.17) is 4.42 Å². The van der Waals surface area contributed by atoms with Gasteiger partial charge in [0.05, 0.1) is 5.52 Å². The summed E-state index contributed by atoms with van der Waals surface area (Å²) in [5.41, 5.74) is 1.81. The second kappa shape index (κ2) is 2.82. The van der Waals surface area contributed by atoms with Gasteiger partial charge < -0.3 is 4.42 Å². The van der Waals surface area contributed by atoms with Crippen molar-refractivity contribution in [3.8, 4) is 0 Å². The highest BCUT2D eigenvalue weighted by atomic mass is 16.4. The Labute approximate surface area is 85.1 Å². The molecule has 1 aliphatic rings. The molecule has 76 valence electrons. The van der Waals surface area contributed by atoms with E-state index in [2.05, 4.69) is 0 Å². The van der Waals surface area contributed by atoms with E-state index in [1.807, 2.05) is 0 Å². The maximum absolute atomic E-state index is 11.5. The average molecular weight is 203 g/mol. The molecule has 0 unspecified atom stereocenters. The van der Waals surface area contributed by atoms with Crippen molar-refractivity contribution in [2.45, 2.75) is 18.9 Å². The maximum atomic E-state index is 11.5. The molecule has 4 heteroatoms. The number of hydrogen-bond acceptors (Lipinski definition) is 3. The Morgan fingerprint density at radius 3 is 2.87 bits per heavy atom. The molecule has 1 aromatic heterocycles. The molecule has 0 atom stereocenters. The SMILES string of the molecule is O=Cc1ccc2c(c1)oc(=O)n2C1CC1. The lowest BCUT2D eigenvalue weighted by Crippen LogP contribution is -2.11. The molecule has 2 aromatic rings. The van der Waals surface area contributed by atoms with Crippen molar-refractivity contribution >= 4 is 17.4 Å². The highest BCUT2D eigenvalue weighted by Gasteiger charge is 2.28. The van der Waals surface area contributed by atoms with Crippen LogP contribution in [0.4, 0.5) is 0 Å². The molecule has 1 aromatic carbocycles. The summed E-state index contributed by atoms with van der Waals surface area (Å²) in [5, 5.41) is 0. The first-order valence-corrected chi connectivity index (χ1v) is 4.90. The van der Waals surface area contributed by atoms with E-state index in [0.717, 1.165) is 24.6 Å². The summed E-state index contributed by atoms with van der Waals surface area (Å²) in [5.74, 6) is -0.324. The fourth-order valence-corrected chi connectivity index (χ4v) is 1.80. The minimum atomic E-state index is -0.324. The number of hydrogen-bond donors (Lipinski definition) is 0. The van der Waals surface area contributed by atoms with Gasteiger partial charge in [-0.25, -0.2) is 4.79 Å². The quantitative estimate of drug-likeness (QED) is 0.698. The second-order valence-corrected chi connectivity index (χ2v) is 3.81. The molecule has 0 amide bonds. The number of fused-ring (bicyclic) bond motifs is 1. The minimum Gasteiger partial charge on any atom is -0.408 e. The largest absolute Gasteiger partial charge is 0.420 e. The van der Waals surface area contributed by atoms with Gasteiger partial charge in [-0.1, -0.05) is 0 Å². The number of rotatable bonds is 2. The fraction of sp³-hybridized carbons (Fsp3) is 0.273. The van der Waals surface area contributed by atoms with Gasteiger partial charge in [-0.15, -0.1) is 0 Å². The average Bonchev–Trinajstić information content (AvgIpc) is 3.00. The zero-order valence-electron chi connectivity index (χ0n) is 7.97. The Bertz CT molecular complexity index is 589. The van der Waals surface area contributed by atoms with Crippen LogP contribution in [0, 0.1) is 0 Å². The van der Waals surface area contributed by atoms with Gasteiger partial charge in [0.2, 0.25) is 0 Å². The van der Waals surface area contributed by atoms with Crippen LogP contribution in [-0.4, -0.2) is 10.9 Å². The van der Waals surface area contributed by atoms with E-state index in [1.54, 1.807) is 22.8 Å². The molecule has 3 rings (SSSR count). The number of carbonyl (C=O) groups excluding carboxylic acids is 1. The van der Waals surface area contributed by atoms with Crippen LogP contribution in [0.2, 0.25) is 0 Å². The standard InChI is InChI=1S/C11H9NO3/c13-6-7-1-4-9-10(5-7)15-11(14)12(9)8-2-3-8/h1,4-6,8H,2-3H2. The van der Waals surface area contributed by atoms with Gasteiger partial charge in [-0.3, -0.25) is 9.36 Å². The maximum Gasteiger partial charge on any atom is 0.420 e. The van der Waals surface area contributed by atoms with E-state index >= 15 is 0 Å². The number of nitrogens with zero attached hydrogens (tertiary/aromatic N) is 1. The molecule has 0 spiro atoms. The van der Waals surface area contributed by atoms with Gasteiger partial charge in [0.15, 0.2) is 5.58 Å². The Morgan fingerprint density at radius 2 is 2.20 bits per heavy atom. The second-order valence-electron chi connectivity index (χ2n) is 3.81. The van der Waals surface area contributed by atoms with Crippen molar-refractivity contribution in [3.63, 3.8) is 0 Å². The summed E-state index contributed by atoms with van der Waals surface area (Å²) < 4.78 is 6.76. The van der Waals surface area contributed by atoms with Gasteiger partial charge in [0, 0.05) is 11.6 Å². The zero-order chi connectivity index (χ0) is 10.4. The van der Waals surface area contributed by atoms with Crippen LogP contribution in [0.3, 0.4) is 0 Å². The third kappa shape index (κ3) is 1.21. The first-order valence-electron chi connectivity index (χ1n) is 4.90. The van der Waals surface area contributed by atoms with Gasteiger partial charge in [0.1, 0.15) is 6.29 Å². The van der Waals surface area contributed by atoms with Gasteiger partial charge in [-0.2, -0.15) is 0 Å². The zero-order valence-corrected chi connectivity index (χ0v) is 7.97. The molecule has 1 fully saturated rings. The summed E-state index contributed by atoms with van der Waals surface area (Å²) in [4.78, 5) is 22.1. The number of benzene rings is 1. The minimum absolute atomic E-state index is 0.292. The van der Waals surface area contributed by atoms with Crippen molar-refractivity contribution in [1.82, 2.24) is 4.57 Å². The summed E-state index contributed by atoms with van der Waals surface area (Å²) in [6.07, 6.45) is 2.81. The van der Waals surface area contributed by atoms with Crippen LogP contribution in [0.1, 0.15) is 29.2 Å². The highest BCUT2D eigenvalue weighted by molar-refractivity contribution is 5.83. The fourth-order valence-electron chi connectivity index (χ4n) is 1.80. The Hall–Kier alpha value is -1.84. The Morgan fingerprint density at radius 1 is 1.40 bits per heavy atom. The summed E-state index contributed by atoms with van der Waals surface area (Å²) in [7, 11) is 0. The van der Waals surface area contributed by atoms with Gasteiger partial charge in [-0.05, 0) is 31.0 Å². The van der Waals surface area contributed by atoms with Crippen LogP contribution < -0.4 is 5.76 Å². The molecule has 0 radical (unpaired) electrons. The monoisotopic (exact) mass is 203 g/mol. The van der Waals surface area contributed by atoms with Crippen molar-refractivity contribution in [1.29, 1.82) is 0 Å². The molecule has 4 nitrogen and oxygen atoms in total. The number of oxazole rings is 1. The smallest absolute Gasteiger partial charge is 0.408 e. The number of aldehydes is 1. The molecule has 0 aliphatic heterocycles. The van der Waals surface area contributed by atoms with E-state index in [9.17, 15) is 9.59 Å². The number of aromatic nitrogens is 1. The van der Waals surface area contributed by atoms with Crippen LogP contribution in [-0.2, 0) is 0 Å². The van der Waals surface area contributed by atoms with E-state index in [1.165, 1.54) is 0 Å². The Kier molecular flexibility index (Phi) is 1.59. The lowest BCUT2D eigenvalue weighted by molar-refractivity contribution is 0.112. The first-order chi connectivity index (χ1) is 7.29. The lowest BCUT2D eigenvalue weighted by atomic mass is 10.2. The lowest BCUT2D eigenvalue weighted by Gasteiger charge is -1.96. The molecule has 1 heterocycles. The van der Waals surface area contributed by atoms with Crippen LogP contribution >= 0.6 is 0 Å². The van der Waals surface area contributed by atoms with Crippen LogP contribution in [0.15, 0.2) is 27.4 Å². The molecular formula is C11H9NO3. The molecule has 1 aliphatic carbocycles. The molecule has 15 heavy (non-hydrogen) atoms. The molecule has 1 saturated carbocycles. The summed E-state index contributed by atoms with van der Waals surface area (Å²) in [6, 6.07) is 5.36. The van der Waals surface area contributed by atoms with Gasteiger partial charge in [0.25, 0.3) is 0 Å². The predicted octanol–water partition coefficient (Wildman–Crippen LogP) is 1.74. The van der Waals surface area contributed by atoms with E-state index < -0.39 is 0 Å². The van der Waals surface area contributed by atoms with Gasteiger partial charge >= 0.3 is 5.76 Å². The molecule has 0 saturated heterocycles. The van der Waals surface area contributed by atoms with Crippen molar-refractivity contribution in [2.24, 2.45) is 0 Å². The summed E-state index contributed by atoms with van der Waals surface area (Å²) >= 11 is 0. The van der Waals surface area contributed by atoms with E-state index in [-0.39, 0.29) is 5.76 Å². The van der Waals surface area contributed by atoms with Crippen LogP contribution in [0.5, 0.6) is 0 Å².